The molecule has 0 atom stereocenters. The number of nitrogens with two attached hydrogens (primary N) is 2. The average Bonchev–Trinajstić information content (AvgIpc) is 2.49. The Morgan fingerprint density at radius 2 is 1.68 bits per heavy atom. The van der Waals surface area contributed by atoms with Crippen molar-refractivity contribution in [1.82, 2.24) is 0 Å². The van der Waals surface area contributed by atoms with Crippen LogP contribution in [0.15, 0.2) is 18.2 Å². The normalized spacial score (nSPS) is 10.5. The van der Waals surface area contributed by atoms with E-state index in [-0.39, 0.29) is 23.5 Å². The van der Waals surface area contributed by atoms with Crippen LogP contribution in [-0.2, 0) is 9.47 Å². The molecule has 0 saturated carbocycles. The molecule has 4 N–H and O–H groups in total. The third-order valence-corrected chi connectivity index (χ3v) is 2.76. The van der Waals surface area contributed by atoms with Gasteiger partial charge in [-0.05, 0) is 19.1 Å². The van der Waals surface area contributed by atoms with Gasteiger partial charge in [-0.25, -0.2) is 0 Å². The molecule has 0 saturated heterocycles. The van der Waals surface area contributed by atoms with Gasteiger partial charge < -0.3 is 25.7 Å². The highest BCUT2D eigenvalue weighted by molar-refractivity contribution is 6.08. The predicted octanol–water partition coefficient (Wildman–Crippen LogP) is 0.359. The molecule has 22 heavy (non-hydrogen) atoms. The van der Waals surface area contributed by atoms with Gasteiger partial charge in [0.25, 0.3) is 0 Å². The summed E-state index contributed by atoms with van der Waals surface area (Å²) >= 11 is 0. The van der Waals surface area contributed by atoms with Crippen LogP contribution in [0, 0.1) is 0 Å². The van der Waals surface area contributed by atoms with Crippen LogP contribution in [-0.4, -0.2) is 51.3 Å². The summed E-state index contributed by atoms with van der Waals surface area (Å²) in [5.41, 5.74) is 10.9. The van der Waals surface area contributed by atoms with E-state index in [9.17, 15) is 9.59 Å². The molecule has 0 radical (unpaired) electrons. The molecule has 0 aliphatic carbocycles. The van der Waals surface area contributed by atoms with Gasteiger partial charge in [0.2, 0.25) is 5.91 Å². The summed E-state index contributed by atoms with van der Waals surface area (Å²) in [5.74, 6) is -0.615. The maximum atomic E-state index is 11.7. The van der Waals surface area contributed by atoms with Gasteiger partial charge >= 0.3 is 0 Å². The first-order chi connectivity index (χ1) is 10.6. The zero-order chi connectivity index (χ0) is 16.4. The topological polar surface area (TPSA) is 114 Å². The van der Waals surface area contributed by atoms with Gasteiger partial charge in [-0.1, -0.05) is 6.07 Å². The van der Waals surface area contributed by atoms with Crippen LogP contribution in [0.2, 0.25) is 0 Å². The predicted molar refractivity (Wildman–Crippen MR) is 81.2 cm³/mol. The second-order valence-electron chi connectivity index (χ2n) is 4.46. The third-order valence-electron chi connectivity index (χ3n) is 2.76. The molecular weight excluding hydrogens is 288 g/mol. The van der Waals surface area contributed by atoms with E-state index < -0.39 is 5.91 Å². The Bertz CT molecular complexity index is 505. The number of carbonyl (C=O) groups excluding carboxylic acids is 2. The first-order valence-corrected chi connectivity index (χ1v) is 7.00. The van der Waals surface area contributed by atoms with Crippen LogP contribution >= 0.6 is 0 Å². The molecule has 0 aliphatic rings. The molecule has 0 unspecified atom stereocenters. The Morgan fingerprint density at radius 1 is 1.05 bits per heavy atom. The first kappa shape index (κ1) is 18.1. The summed E-state index contributed by atoms with van der Waals surface area (Å²) in [4.78, 5) is 23.0. The second kappa shape index (κ2) is 9.88. The van der Waals surface area contributed by atoms with Crippen molar-refractivity contribution in [1.29, 1.82) is 0 Å². The Balaban J connectivity index is 2.47. The molecule has 0 heterocycles. The molecule has 1 rings (SSSR count). The van der Waals surface area contributed by atoms with E-state index in [1.54, 1.807) is 12.1 Å². The molecule has 122 valence electrons. The van der Waals surface area contributed by atoms with Gasteiger partial charge in [-0.2, -0.15) is 0 Å². The van der Waals surface area contributed by atoms with Crippen molar-refractivity contribution in [3.63, 3.8) is 0 Å². The molecule has 7 nitrogen and oxygen atoms in total. The molecule has 0 spiro atoms. The van der Waals surface area contributed by atoms with Crippen LogP contribution in [0.25, 0.3) is 0 Å². The largest absolute Gasteiger partial charge is 0.490 e. The van der Waals surface area contributed by atoms with Crippen LogP contribution in [0.4, 0.5) is 0 Å². The van der Waals surface area contributed by atoms with Gasteiger partial charge in [-0.3, -0.25) is 9.59 Å². The van der Waals surface area contributed by atoms with Gasteiger partial charge in [0.1, 0.15) is 12.4 Å². The van der Waals surface area contributed by atoms with E-state index >= 15 is 0 Å². The highest BCUT2D eigenvalue weighted by Gasteiger charge is 2.17. The molecule has 1 aromatic rings. The smallest absolute Gasteiger partial charge is 0.249 e. The standard InChI is InChI=1S/C15H22N2O5/c1-11(18)14-12(15(17)19)3-2-4-13(14)22-10-9-21-8-7-20-6-5-16/h2-4H,5-10,16H2,1H3,(H2,17,19). The number of ether oxygens (including phenoxy) is 3. The van der Waals surface area contributed by atoms with E-state index in [0.29, 0.717) is 38.7 Å². The zero-order valence-corrected chi connectivity index (χ0v) is 12.7. The lowest BCUT2D eigenvalue weighted by Gasteiger charge is -2.12. The van der Waals surface area contributed by atoms with Crippen LogP contribution in [0.3, 0.4) is 0 Å². The summed E-state index contributed by atoms with van der Waals surface area (Å²) in [6, 6.07) is 4.73. The van der Waals surface area contributed by atoms with E-state index in [1.807, 2.05) is 0 Å². The summed E-state index contributed by atoms with van der Waals surface area (Å²) in [7, 11) is 0. The van der Waals surface area contributed by atoms with Crippen molar-refractivity contribution in [3.05, 3.63) is 29.3 Å². The molecule has 7 heteroatoms. The molecule has 1 amide bonds. The summed E-state index contributed by atoms with van der Waals surface area (Å²) in [6.45, 7) is 3.83. The molecule has 1 aromatic carbocycles. The number of hydrogen-bond donors (Lipinski definition) is 2. The van der Waals surface area contributed by atoms with Gasteiger partial charge in [0.05, 0.1) is 37.6 Å². The number of amides is 1. The fourth-order valence-electron chi connectivity index (χ4n) is 1.84. The van der Waals surface area contributed by atoms with E-state index in [4.69, 9.17) is 25.7 Å². The minimum Gasteiger partial charge on any atom is -0.490 e. The number of hydrogen-bond acceptors (Lipinski definition) is 6. The number of Topliss-reactive ketones (excluding diaryl/α,β-unsaturated/α-hetero) is 1. The Hall–Kier alpha value is -1.96. The Morgan fingerprint density at radius 3 is 2.27 bits per heavy atom. The molecule has 0 aliphatic heterocycles. The third kappa shape index (κ3) is 5.80. The highest BCUT2D eigenvalue weighted by Crippen LogP contribution is 2.23. The molecular formula is C15H22N2O5. The molecule has 0 bridgehead atoms. The Kier molecular flexibility index (Phi) is 8.13. The fourth-order valence-corrected chi connectivity index (χ4v) is 1.84. The summed E-state index contributed by atoms with van der Waals surface area (Å²) < 4.78 is 16.0. The van der Waals surface area contributed by atoms with Gasteiger partial charge in [-0.15, -0.1) is 0 Å². The lowest BCUT2D eigenvalue weighted by atomic mass is 10.0. The van der Waals surface area contributed by atoms with Crippen LogP contribution < -0.4 is 16.2 Å². The minimum absolute atomic E-state index is 0.154. The maximum Gasteiger partial charge on any atom is 0.249 e. The number of benzene rings is 1. The summed E-state index contributed by atoms with van der Waals surface area (Å²) in [5, 5.41) is 0. The number of primary amides is 1. The SMILES string of the molecule is CC(=O)c1c(OCCOCCOCCN)cccc1C(N)=O. The average molecular weight is 310 g/mol. The highest BCUT2D eigenvalue weighted by atomic mass is 16.5. The van der Waals surface area contributed by atoms with E-state index in [0.717, 1.165) is 0 Å². The fraction of sp³-hybridized carbons (Fsp3) is 0.467. The second-order valence-corrected chi connectivity index (χ2v) is 4.46. The van der Waals surface area contributed by atoms with Crippen molar-refractivity contribution in [2.24, 2.45) is 11.5 Å². The number of carbonyl (C=O) groups is 2. The monoisotopic (exact) mass is 310 g/mol. The Labute approximate surface area is 129 Å². The lowest BCUT2D eigenvalue weighted by molar-refractivity contribution is 0.0386. The van der Waals surface area contributed by atoms with Gasteiger partial charge in [0.15, 0.2) is 5.78 Å². The molecule has 0 fully saturated rings. The van der Waals surface area contributed by atoms with Crippen molar-refractivity contribution >= 4 is 11.7 Å². The zero-order valence-electron chi connectivity index (χ0n) is 12.7. The van der Waals surface area contributed by atoms with Crippen molar-refractivity contribution < 1.29 is 23.8 Å². The maximum absolute atomic E-state index is 11.7. The summed E-state index contributed by atoms with van der Waals surface area (Å²) in [6.07, 6.45) is 0. The van der Waals surface area contributed by atoms with E-state index in [2.05, 4.69) is 0 Å². The van der Waals surface area contributed by atoms with Crippen molar-refractivity contribution in [3.8, 4) is 5.75 Å². The lowest BCUT2D eigenvalue weighted by Crippen LogP contribution is -2.18. The quantitative estimate of drug-likeness (QED) is 0.450. The molecule has 0 aromatic heterocycles. The first-order valence-electron chi connectivity index (χ1n) is 7.00. The van der Waals surface area contributed by atoms with Crippen molar-refractivity contribution in [2.75, 3.05) is 39.6 Å². The van der Waals surface area contributed by atoms with Crippen molar-refractivity contribution in [2.45, 2.75) is 6.92 Å². The number of ketones is 1. The van der Waals surface area contributed by atoms with Gasteiger partial charge in [0, 0.05) is 6.54 Å². The van der Waals surface area contributed by atoms with Crippen LogP contribution in [0.1, 0.15) is 27.6 Å². The minimum atomic E-state index is -0.663. The number of rotatable bonds is 11. The van der Waals surface area contributed by atoms with E-state index in [1.165, 1.54) is 13.0 Å². The van der Waals surface area contributed by atoms with Crippen LogP contribution in [0.5, 0.6) is 5.75 Å².